The zero-order chi connectivity index (χ0) is 16.2. The molecule has 3 unspecified atom stereocenters. The Balaban J connectivity index is 1.81. The normalized spacial score (nSPS) is 23.3. The summed E-state index contributed by atoms with van der Waals surface area (Å²) >= 11 is 0. The van der Waals surface area contributed by atoms with E-state index in [2.05, 4.69) is 17.6 Å². The molecule has 1 aromatic rings. The van der Waals surface area contributed by atoms with Gasteiger partial charge in [-0.25, -0.2) is 4.79 Å². The number of hydrogen-bond acceptors (Lipinski definition) is 4. The lowest BCUT2D eigenvalue weighted by Crippen LogP contribution is -2.50. The molecule has 1 aliphatic rings. The molecule has 1 fully saturated rings. The fourth-order valence-electron chi connectivity index (χ4n) is 2.95. The number of alkyl carbamates (subject to hydrolysis) is 1. The fourth-order valence-corrected chi connectivity index (χ4v) is 2.95. The highest BCUT2D eigenvalue weighted by Crippen LogP contribution is 2.21. The Morgan fingerprint density at radius 1 is 1.41 bits per heavy atom. The lowest BCUT2D eigenvalue weighted by atomic mass is 10.1. The summed E-state index contributed by atoms with van der Waals surface area (Å²) in [7, 11) is 0. The number of hydrogen-bond donors (Lipinski definition) is 2. The molecule has 1 amide bonds. The molecule has 2 rings (SSSR count). The van der Waals surface area contributed by atoms with E-state index in [9.17, 15) is 4.79 Å². The van der Waals surface area contributed by atoms with Crippen molar-refractivity contribution in [2.24, 2.45) is 0 Å². The SMILES string of the molecule is CC(Cc1ccco1)NC1CCCC1NC(=O)OC(C)(C)C. The monoisotopic (exact) mass is 308 g/mol. The molecule has 0 spiro atoms. The number of carbonyl (C=O) groups is 1. The summed E-state index contributed by atoms with van der Waals surface area (Å²) < 4.78 is 10.7. The first-order valence-electron chi connectivity index (χ1n) is 8.11. The molecular weight excluding hydrogens is 280 g/mol. The zero-order valence-corrected chi connectivity index (χ0v) is 14.0. The van der Waals surface area contributed by atoms with Gasteiger partial charge in [0, 0.05) is 24.5 Å². The van der Waals surface area contributed by atoms with Gasteiger partial charge in [-0.15, -0.1) is 0 Å². The first-order valence-corrected chi connectivity index (χ1v) is 8.11. The Bertz CT molecular complexity index is 465. The highest BCUT2D eigenvalue weighted by molar-refractivity contribution is 5.68. The standard InChI is InChI=1S/C17H28N2O3/c1-12(11-13-7-6-10-21-13)18-14-8-5-9-15(14)19-16(20)22-17(2,3)4/h6-7,10,12,14-15,18H,5,8-9,11H2,1-4H3,(H,19,20). The van der Waals surface area contributed by atoms with Gasteiger partial charge in [0.1, 0.15) is 11.4 Å². The third kappa shape index (κ3) is 5.37. The minimum Gasteiger partial charge on any atom is -0.469 e. The summed E-state index contributed by atoms with van der Waals surface area (Å²) in [5, 5.41) is 6.61. The van der Waals surface area contributed by atoms with Gasteiger partial charge in [-0.2, -0.15) is 0 Å². The molecule has 5 nitrogen and oxygen atoms in total. The van der Waals surface area contributed by atoms with Crippen molar-refractivity contribution in [3.05, 3.63) is 24.2 Å². The molecule has 0 aliphatic heterocycles. The third-order valence-electron chi connectivity index (χ3n) is 3.80. The second-order valence-electron chi connectivity index (χ2n) is 7.14. The zero-order valence-electron chi connectivity index (χ0n) is 14.0. The lowest BCUT2D eigenvalue weighted by Gasteiger charge is -2.27. The van der Waals surface area contributed by atoms with Crippen molar-refractivity contribution in [1.82, 2.24) is 10.6 Å². The first-order chi connectivity index (χ1) is 10.3. The van der Waals surface area contributed by atoms with Crippen molar-refractivity contribution in [3.63, 3.8) is 0 Å². The van der Waals surface area contributed by atoms with Crippen molar-refractivity contribution in [2.75, 3.05) is 0 Å². The maximum absolute atomic E-state index is 11.9. The quantitative estimate of drug-likeness (QED) is 0.876. The van der Waals surface area contributed by atoms with Crippen LogP contribution in [0.3, 0.4) is 0 Å². The Labute approximate surface area is 132 Å². The predicted molar refractivity (Wildman–Crippen MR) is 85.8 cm³/mol. The molecule has 1 aromatic heterocycles. The minimum atomic E-state index is -0.460. The molecule has 3 atom stereocenters. The number of furan rings is 1. The number of ether oxygens (including phenoxy) is 1. The Morgan fingerprint density at radius 2 is 2.14 bits per heavy atom. The average Bonchev–Trinajstić information content (AvgIpc) is 2.99. The van der Waals surface area contributed by atoms with Crippen LogP contribution in [0.25, 0.3) is 0 Å². The van der Waals surface area contributed by atoms with Gasteiger partial charge in [0.15, 0.2) is 0 Å². The van der Waals surface area contributed by atoms with Crippen LogP contribution in [-0.4, -0.2) is 29.8 Å². The molecule has 0 aromatic carbocycles. The van der Waals surface area contributed by atoms with E-state index in [-0.39, 0.29) is 18.2 Å². The second-order valence-corrected chi connectivity index (χ2v) is 7.14. The number of amides is 1. The van der Waals surface area contributed by atoms with Crippen LogP contribution in [0.2, 0.25) is 0 Å². The van der Waals surface area contributed by atoms with Crippen LogP contribution < -0.4 is 10.6 Å². The summed E-state index contributed by atoms with van der Waals surface area (Å²) in [5.74, 6) is 0.981. The first kappa shape index (κ1) is 16.9. The predicted octanol–water partition coefficient (Wildman–Crippen LogP) is 3.25. The van der Waals surface area contributed by atoms with E-state index in [0.29, 0.717) is 6.04 Å². The van der Waals surface area contributed by atoms with Gasteiger partial charge in [-0.05, 0) is 59.1 Å². The summed E-state index contributed by atoms with van der Waals surface area (Å²) in [5.41, 5.74) is -0.460. The number of rotatable bonds is 5. The highest BCUT2D eigenvalue weighted by atomic mass is 16.6. The maximum atomic E-state index is 11.9. The summed E-state index contributed by atoms with van der Waals surface area (Å²) in [6, 6.07) is 4.62. The van der Waals surface area contributed by atoms with Crippen LogP contribution >= 0.6 is 0 Å². The van der Waals surface area contributed by atoms with Crippen LogP contribution in [0, 0.1) is 0 Å². The van der Waals surface area contributed by atoms with E-state index in [4.69, 9.17) is 9.15 Å². The van der Waals surface area contributed by atoms with Gasteiger partial charge in [-0.3, -0.25) is 0 Å². The molecule has 124 valence electrons. The molecule has 0 radical (unpaired) electrons. The van der Waals surface area contributed by atoms with Gasteiger partial charge in [0.25, 0.3) is 0 Å². The van der Waals surface area contributed by atoms with Crippen LogP contribution in [0.1, 0.15) is 52.7 Å². The van der Waals surface area contributed by atoms with Crippen molar-refractivity contribution in [3.8, 4) is 0 Å². The summed E-state index contributed by atoms with van der Waals surface area (Å²) in [6.07, 6.45) is 5.40. The fraction of sp³-hybridized carbons (Fsp3) is 0.706. The highest BCUT2D eigenvalue weighted by Gasteiger charge is 2.30. The molecule has 0 bridgehead atoms. The van der Waals surface area contributed by atoms with E-state index in [1.54, 1.807) is 6.26 Å². The molecular formula is C17H28N2O3. The van der Waals surface area contributed by atoms with Crippen molar-refractivity contribution >= 4 is 6.09 Å². The Kier molecular flexibility index (Phi) is 5.51. The molecule has 5 heteroatoms. The molecule has 2 N–H and O–H groups in total. The van der Waals surface area contributed by atoms with E-state index >= 15 is 0 Å². The van der Waals surface area contributed by atoms with Crippen molar-refractivity contribution in [1.29, 1.82) is 0 Å². The van der Waals surface area contributed by atoms with Gasteiger partial charge in [0.2, 0.25) is 0 Å². The van der Waals surface area contributed by atoms with E-state index in [1.807, 2.05) is 32.9 Å². The van der Waals surface area contributed by atoms with E-state index in [1.165, 1.54) is 0 Å². The number of nitrogens with one attached hydrogen (secondary N) is 2. The van der Waals surface area contributed by atoms with Crippen LogP contribution in [0.4, 0.5) is 4.79 Å². The van der Waals surface area contributed by atoms with Gasteiger partial charge in [0.05, 0.1) is 6.26 Å². The largest absolute Gasteiger partial charge is 0.469 e. The van der Waals surface area contributed by atoms with Gasteiger partial charge >= 0.3 is 6.09 Å². The van der Waals surface area contributed by atoms with Crippen LogP contribution in [0.15, 0.2) is 22.8 Å². The van der Waals surface area contributed by atoms with Crippen LogP contribution in [0.5, 0.6) is 0 Å². The summed E-state index contributed by atoms with van der Waals surface area (Å²) in [6.45, 7) is 7.78. The summed E-state index contributed by atoms with van der Waals surface area (Å²) in [4.78, 5) is 11.9. The second kappa shape index (κ2) is 7.18. The average molecular weight is 308 g/mol. The van der Waals surface area contributed by atoms with Crippen molar-refractivity contribution in [2.45, 2.75) is 77.1 Å². The molecule has 22 heavy (non-hydrogen) atoms. The molecule has 0 saturated heterocycles. The molecule has 1 saturated carbocycles. The lowest BCUT2D eigenvalue weighted by molar-refractivity contribution is 0.0497. The van der Waals surface area contributed by atoms with Crippen LogP contribution in [-0.2, 0) is 11.2 Å². The minimum absolute atomic E-state index is 0.133. The van der Waals surface area contributed by atoms with Crippen molar-refractivity contribution < 1.29 is 13.9 Å². The maximum Gasteiger partial charge on any atom is 0.407 e. The van der Waals surface area contributed by atoms with Gasteiger partial charge < -0.3 is 19.8 Å². The Morgan fingerprint density at radius 3 is 2.77 bits per heavy atom. The smallest absolute Gasteiger partial charge is 0.407 e. The molecule has 1 heterocycles. The van der Waals surface area contributed by atoms with E-state index in [0.717, 1.165) is 31.4 Å². The molecule has 1 aliphatic carbocycles. The Hall–Kier alpha value is -1.49. The topological polar surface area (TPSA) is 63.5 Å². The number of carbonyl (C=O) groups excluding carboxylic acids is 1. The van der Waals surface area contributed by atoms with Gasteiger partial charge in [-0.1, -0.05) is 0 Å². The van der Waals surface area contributed by atoms with E-state index < -0.39 is 5.60 Å². The third-order valence-corrected chi connectivity index (χ3v) is 3.80.